The number of hydrogen-bond acceptors (Lipinski definition) is 5. The number of nitrogens with two attached hydrogens (primary N) is 1. The van der Waals surface area contributed by atoms with E-state index in [-0.39, 0.29) is 0 Å². The van der Waals surface area contributed by atoms with Crippen LogP contribution in [0.4, 0.5) is 11.6 Å². The van der Waals surface area contributed by atoms with Crippen LogP contribution in [0.3, 0.4) is 0 Å². The second-order valence-corrected chi connectivity index (χ2v) is 5.47. The Balaban J connectivity index is 2.74. The number of aromatic nitrogens is 2. The van der Waals surface area contributed by atoms with Crippen molar-refractivity contribution in [2.24, 2.45) is 11.3 Å². The molecule has 17 heavy (non-hydrogen) atoms. The highest BCUT2D eigenvalue weighted by atomic mass is 15.3. The summed E-state index contributed by atoms with van der Waals surface area (Å²) in [6.07, 6.45) is 1.08. The highest BCUT2D eigenvalue weighted by Crippen LogP contribution is 2.21. The average molecular weight is 237 g/mol. The third-order valence-electron chi connectivity index (χ3n) is 2.56. The third-order valence-corrected chi connectivity index (χ3v) is 2.56. The molecule has 4 N–H and O–H groups in total. The largest absolute Gasteiger partial charge is 0.370 e. The standard InChI is InChI=1S/C12H23N5/c1-8-10(14-7-6-12(3,4)5)15-9(2)16-11(8)17-13/h6-7,13H2,1-5H3,(H2,14,15,16,17). The maximum Gasteiger partial charge on any atom is 0.148 e. The van der Waals surface area contributed by atoms with Gasteiger partial charge in [-0.25, -0.2) is 15.8 Å². The van der Waals surface area contributed by atoms with E-state index in [4.69, 9.17) is 5.84 Å². The van der Waals surface area contributed by atoms with Crippen LogP contribution in [0.5, 0.6) is 0 Å². The van der Waals surface area contributed by atoms with Crippen molar-refractivity contribution in [3.05, 3.63) is 11.4 Å². The van der Waals surface area contributed by atoms with Gasteiger partial charge in [0.25, 0.3) is 0 Å². The van der Waals surface area contributed by atoms with Gasteiger partial charge in [0, 0.05) is 12.1 Å². The molecule has 0 radical (unpaired) electrons. The van der Waals surface area contributed by atoms with Crippen LogP contribution in [0.2, 0.25) is 0 Å². The number of aryl methyl sites for hydroxylation is 1. The van der Waals surface area contributed by atoms with E-state index in [0.717, 1.165) is 24.3 Å². The number of anilines is 2. The number of hydrazine groups is 1. The molecule has 0 amide bonds. The minimum Gasteiger partial charge on any atom is -0.370 e. The second kappa shape index (κ2) is 5.31. The normalized spacial score (nSPS) is 11.4. The maximum absolute atomic E-state index is 5.42. The molecule has 1 heterocycles. The predicted molar refractivity (Wildman–Crippen MR) is 71.9 cm³/mol. The first kappa shape index (κ1) is 13.7. The van der Waals surface area contributed by atoms with Crippen LogP contribution in [0.15, 0.2) is 0 Å². The summed E-state index contributed by atoms with van der Waals surface area (Å²) in [6, 6.07) is 0. The van der Waals surface area contributed by atoms with Crippen LogP contribution in [0.1, 0.15) is 38.6 Å². The zero-order valence-electron chi connectivity index (χ0n) is 11.4. The quantitative estimate of drug-likeness (QED) is 0.553. The van der Waals surface area contributed by atoms with E-state index in [1.54, 1.807) is 0 Å². The molecule has 1 rings (SSSR count). The molecular weight excluding hydrogens is 214 g/mol. The zero-order chi connectivity index (χ0) is 13.1. The Kier molecular flexibility index (Phi) is 4.28. The first-order chi connectivity index (χ1) is 7.83. The molecule has 0 spiro atoms. The van der Waals surface area contributed by atoms with Gasteiger partial charge >= 0.3 is 0 Å². The van der Waals surface area contributed by atoms with Crippen LogP contribution in [0.25, 0.3) is 0 Å². The summed E-state index contributed by atoms with van der Waals surface area (Å²) in [5.74, 6) is 7.66. The minimum atomic E-state index is 0.317. The van der Waals surface area contributed by atoms with Crippen LogP contribution in [0, 0.1) is 19.3 Å². The smallest absolute Gasteiger partial charge is 0.148 e. The molecule has 5 nitrogen and oxygen atoms in total. The van der Waals surface area contributed by atoms with Gasteiger partial charge in [-0.3, -0.25) is 0 Å². The van der Waals surface area contributed by atoms with E-state index >= 15 is 0 Å². The maximum atomic E-state index is 5.42. The molecule has 0 aliphatic rings. The fraction of sp³-hybridized carbons (Fsp3) is 0.667. The Morgan fingerprint density at radius 1 is 1.12 bits per heavy atom. The van der Waals surface area contributed by atoms with E-state index in [9.17, 15) is 0 Å². The molecule has 0 fully saturated rings. The van der Waals surface area contributed by atoms with Crippen LogP contribution >= 0.6 is 0 Å². The van der Waals surface area contributed by atoms with Crippen LogP contribution < -0.4 is 16.6 Å². The molecule has 1 aromatic heterocycles. The lowest BCUT2D eigenvalue weighted by molar-refractivity contribution is 0.389. The number of hydrogen-bond donors (Lipinski definition) is 3. The van der Waals surface area contributed by atoms with Crippen LogP contribution in [-0.2, 0) is 0 Å². The van der Waals surface area contributed by atoms with Crippen LogP contribution in [-0.4, -0.2) is 16.5 Å². The molecule has 0 bridgehead atoms. The number of nitrogens with zero attached hydrogens (tertiary/aromatic N) is 2. The Morgan fingerprint density at radius 3 is 2.24 bits per heavy atom. The van der Waals surface area contributed by atoms with Crippen molar-refractivity contribution in [1.82, 2.24) is 9.97 Å². The highest BCUT2D eigenvalue weighted by Gasteiger charge is 2.11. The summed E-state index contributed by atoms with van der Waals surface area (Å²) in [4.78, 5) is 8.60. The minimum absolute atomic E-state index is 0.317. The summed E-state index contributed by atoms with van der Waals surface area (Å²) in [5, 5.41) is 3.34. The number of nitrogen functional groups attached to an aromatic ring is 1. The lowest BCUT2D eigenvalue weighted by Crippen LogP contribution is -2.17. The van der Waals surface area contributed by atoms with E-state index in [2.05, 4.69) is 41.5 Å². The van der Waals surface area contributed by atoms with E-state index < -0.39 is 0 Å². The van der Waals surface area contributed by atoms with Gasteiger partial charge in [0.2, 0.25) is 0 Å². The molecule has 0 aromatic carbocycles. The molecule has 0 aliphatic carbocycles. The Bertz CT molecular complexity index is 381. The van der Waals surface area contributed by atoms with Crippen molar-refractivity contribution in [2.45, 2.75) is 41.0 Å². The van der Waals surface area contributed by atoms with Crippen molar-refractivity contribution in [3.63, 3.8) is 0 Å². The Hall–Kier alpha value is -1.36. The monoisotopic (exact) mass is 237 g/mol. The summed E-state index contributed by atoms with van der Waals surface area (Å²) in [7, 11) is 0. The molecule has 96 valence electrons. The number of nitrogens with one attached hydrogen (secondary N) is 2. The molecule has 0 atom stereocenters. The van der Waals surface area contributed by atoms with Crippen molar-refractivity contribution < 1.29 is 0 Å². The molecule has 1 aromatic rings. The fourth-order valence-corrected chi connectivity index (χ4v) is 1.50. The molecule has 0 unspecified atom stereocenters. The topological polar surface area (TPSA) is 75.9 Å². The van der Waals surface area contributed by atoms with Crippen molar-refractivity contribution in [2.75, 3.05) is 17.3 Å². The fourth-order valence-electron chi connectivity index (χ4n) is 1.50. The summed E-state index contributed by atoms with van der Waals surface area (Å²) in [5.41, 5.74) is 3.86. The van der Waals surface area contributed by atoms with E-state index in [0.29, 0.717) is 17.1 Å². The van der Waals surface area contributed by atoms with Gasteiger partial charge in [-0.05, 0) is 25.7 Å². The van der Waals surface area contributed by atoms with Gasteiger partial charge in [0.15, 0.2) is 0 Å². The Morgan fingerprint density at radius 2 is 1.71 bits per heavy atom. The van der Waals surface area contributed by atoms with Gasteiger partial charge in [-0.15, -0.1) is 0 Å². The highest BCUT2D eigenvalue weighted by molar-refractivity contribution is 5.56. The van der Waals surface area contributed by atoms with Crippen molar-refractivity contribution in [1.29, 1.82) is 0 Å². The number of rotatable bonds is 4. The first-order valence-electron chi connectivity index (χ1n) is 5.89. The second-order valence-electron chi connectivity index (χ2n) is 5.47. The lowest BCUT2D eigenvalue weighted by Gasteiger charge is -2.19. The SMILES string of the molecule is Cc1nc(NN)c(C)c(NCCC(C)(C)C)n1. The summed E-state index contributed by atoms with van der Waals surface area (Å²) in [6.45, 7) is 11.4. The lowest BCUT2D eigenvalue weighted by atomic mass is 9.92. The predicted octanol–water partition coefficient (Wildman–Crippen LogP) is 2.23. The van der Waals surface area contributed by atoms with Crippen molar-refractivity contribution in [3.8, 4) is 0 Å². The van der Waals surface area contributed by atoms with Gasteiger partial charge in [0.05, 0.1) is 0 Å². The van der Waals surface area contributed by atoms with Gasteiger partial charge in [0.1, 0.15) is 17.5 Å². The Labute approximate surface area is 103 Å². The molecular formula is C12H23N5. The summed E-state index contributed by atoms with van der Waals surface area (Å²) >= 11 is 0. The molecule has 0 saturated heterocycles. The van der Waals surface area contributed by atoms with Gasteiger partial charge < -0.3 is 10.7 Å². The molecule has 0 aliphatic heterocycles. The zero-order valence-corrected chi connectivity index (χ0v) is 11.4. The van der Waals surface area contributed by atoms with Gasteiger partial charge in [-0.1, -0.05) is 20.8 Å². The molecule has 5 heteroatoms. The summed E-state index contributed by atoms with van der Waals surface area (Å²) < 4.78 is 0. The van der Waals surface area contributed by atoms with Crippen molar-refractivity contribution >= 4 is 11.6 Å². The van der Waals surface area contributed by atoms with Gasteiger partial charge in [-0.2, -0.15) is 0 Å². The average Bonchev–Trinajstić information content (AvgIpc) is 2.20. The van der Waals surface area contributed by atoms with E-state index in [1.807, 2.05) is 13.8 Å². The third kappa shape index (κ3) is 4.19. The molecule has 0 saturated carbocycles. The first-order valence-corrected chi connectivity index (χ1v) is 5.89. The van der Waals surface area contributed by atoms with E-state index in [1.165, 1.54) is 0 Å².